The normalized spacial score (nSPS) is 15.8. The van der Waals surface area contributed by atoms with E-state index in [9.17, 15) is 4.79 Å². The highest BCUT2D eigenvalue weighted by molar-refractivity contribution is 9.10. The minimum absolute atomic E-state index is 0.0891. The lowest BCUT2D eigenvalue weighted by Gasteiger charge is -2.28. The number of rotatable bonds is 2. The molecule has 16 heavy (non-hydrogen) atoms. The summed E-state index contributed by atoms with van der Waals surface area (Å²) in [7, 11) is 0. The van der Waals surface area contributed by atoms with Crippen molar-refractivity contribution >= 4 is 27.6 Å². The number of nitrogen functional groups attached to an aromatic ring is 1. The standard InChI is InChI=1S/C11H13BrN2O2/c12-8-3-7-5-14(6-11(15)16)2-1-9(7)10(13)4-8/h3-4H,1-2,5-6,13H2,(H,15,16). The van der Waals surface area contributed by atoms with Gasteiger partial charge in [0.15, 0.2) is 0 Å². The van der Waals surface area contributed by atoms with Gasteiger partial charge in [-0.1, -0.05) is 15.9 Å². The van der Waals surface area contributed by atoms with Crippen LogP contribution in [0.3, 0.4) is 0 Å². The molecule has 1 heterocycles. The second kappa shape index (κ2) is 4.43. The Morgan fingerprint density at radius 1 is 1.56 bits per heavy atom. The van der Waals surface area contributed by atoms with Crippen LogP contribution in [0.4, 0.5) is 5.69 Å². The third-order valence-electron chi connectivity index (χ3n) is 2.77. The molecule has 5 heteroatoms. The average molecular weight is 285 g/mol. The molecule has 0 atom stereocenters. The van der Waals surface area contributed by atoms with Gasteiger partial charge in [0.05, 0.1) is 6.54 Å². The van der Waals surface area contributed by atoms with E-state index in [4.69, 9.17) is 10.8 Å². The van der Waals surface area contributed by atoms with Crippen LogP contribution in [-0.2, 0) is 17.8 Å². The quantitative estimate of drug-likeness (QED) is 0.808. The van der Waals surface area contributed by atoms with E-state index in [1.807, 2.05) is 17.0 Å². The van der Waals surface area contributed by atoms with Crippen LogP contribution in [0.5, 0.6) is 0 Å². The van der Waals surface area contributed by atoms with Crippen molar-refractivity contribution in [3.8, 4) is 0 Å². The summed E-state index contributed by atoms with van der Waals surface area (Å²) >= 11 is 3.40. The number of halogens is 1. The van der Waals surface area contributed by atoms with Crippen LogP contribution < -0.4 is 5.73 Å². The zero-order valence-electron chi connectivity index (χ0n) is 8.74. The number of aliphatic carboxylic acids is 1. The summed E-state index contributed by atoms with van der Waals surface area (Å²) in [4.78, 5) is 12.6. The van der Waals surface area contributed by atoms with E-state index in [1.165, 1.54) is 0 Å². The van der Waals surface area contributed by atoms with Gasteiger partial charge in [0.1, 0.15) is 0 Å². The highest BCUT2D eigenvalue weighted by atomic mass is 79.9. The molecule has 0 saturated carbocycles. The van der Waals surface area contributed by atoms with Crippen molar-refractivity contribution in [1.29, 1.82) is 0 Å². The van der Waals surface area contributed by atoms with Crippen molar-refractivity contribution < 1.29 is 9.90 Å². The van der Waals surface area contributed by atoms with Crippen LogP contribution in [0, 0.1) is 0 Å². The van der Waals surface area contributed by atoms with Gasteiger partial charge in [-0.15, -0.1) is 0 Å². The molecule has 0 amide bonds. The number of fused-ring (bicyclic) bond motifs is 1. The average Bonchev–Trinajstić information content (AvgIpc) is 2.15. The van der Waals surface area contributed by atoms with Crippen LogP contribution >= 0.6 is 15.9 Å². The first-order valence-electron chi connectivity index (χ1n) is 5.07. The Labute approximate surface area is 102 Å². The molecule has 0 saturated heterocycles. The van der Waals surface area contributed by atoms with Crippen molar-refractivity contribution in [2.45, 2.75) is 13.0 Å². The first-order chi connectivity index (χ1) is 7.56. The lowest BCUT2D eigenvalue weighted by molar-refractivity contribution is -0.138. The molecule has 0 fully saturated rings. The number of carbonyl (C=O) groups is 1. The molecule has 0 radical (unpaired) electrons. The van der Waals surface area contributed by atoms with Gasteiger partial charge in [-0.3, -0.25) is 9.69 Å². The predicted octanol–water partition coefficient (Wildman–Crippen LogP) is 1.47. The monoisotopic (exact) mass is 284 g/mol. The van der Waals surface area contributed by atoms with E-state index in [2.05, 4.69) is 15.9 Å². The molecule has 0 unspecified atom stereocenters. The summed E-state index contributed by atoms with van der Waals surface area (Å²) in [6.45, 7) is 1.50. The second-order valence-electron chi connectivity index (χ2n) is 3.99. The number of benzene rings is 1. The Morgan fingerprint density at radius 2 is 2.31 bits per heavy atom. The van der Waals surface area contributed by atoms with Gasteiger partial charge < -0.3 is 10.8 Å². The van der Waals surface area contributed by atoms with Crippen molar-refractivity contribution in [3.63, 3.8) is 0 Å². The van der Waals surface area contributed by atoms with E-state index in [0.717, 1.165) is 34.3 Å². The topological polar surface area (TPSA) is 66.6 Å². The lowest BCUT2D eigenvalue weighted by atomic mass is 9.98. The summed E-state index contributed by atoms with van der Waals surface area (Å²) in [6, 6.07) is 3.91. The molecule has 1 aliphatic rings. The first kappa shape index (κ1) is 11.4. The number of hydrogen-bond acceptors (Lipinski definition) is 3. The Morgan fingerprint density at radius 3 is 3.00 bits per heavy atom. The van der Waals surface area contributed by atoms with Gasteiger partial charge in [-0.2, -0.15) is 0 Å². The zero-order valence-corrected chi connectivity index (χ0v) is 10.3. The van der Waals surface area contributed by atoms with Crippen molar-refractivity contribution in [3.05, 3.63) is 27.7 Å². The van der Waals surface area contributed by atoms with E-state index in [1.54, 1.807) is 0 Å². The molecule has 0 aliphatic carbocycles. The molecule has 0 aromatic heterocycles. The van der Waals surface area contributed by atoms with Crippen molar-refractivity contribution in [2.75, 3.05) is 18.8 Å². The fraction of sp³-hybridized carbons (Fsp3) is 0.364. The smallest absolute Gasteiger partial charge is 0.317 e. The lowest BCUT2D eigenvalue weighted by Crippen LogP contribution is -2.35. The molecule has 1 aromatic rings. The highest BCUT2D eigenvalue weighted by Gasteiger charge is 2.20. The summed E-state index contributed by atoms with van der Waals surface area (Å²) in [5.74, 6) is -0.786. The minimum atomic E-state index is -0.786. The highest BCUT2D eigenvalue weighted by Crippen LogP contribution is 2.28. The zero-order chi connectivity index (χ0) is 11.7. The van der Waals surface area contributed by atoms with Gasteiger partial charge in [-0.25, -0.2) is 0 Å². The molecule has 3 N–H and O–H groups in total. The number of carboxylic acid groups (broad SMARTS) is 1. The minimum Gasteiger partial charge on any atom is -0.480 e. The number of hydrogen-bond donors (Lipinski definition) is 2. The van der Waals surface area contributed by atoms with Gasteiger partial charge in [0.2, 0.25) is 0 Å². The Kier molecular flexibility index (Phi) is 3.16. The number of nitrogens with two attached hydrogens (primary N) is 1. The molecule has 4 nitrogen and oxygen atoms in total. The fourth-order valence-corrected chi connectivity index (χ4v) is 2.60. The molecule has 86 valence electrons. The fourth-order valence-electron chi connectivity index (χ4n) is 2.08. The molecule has 0 spiro atoms. The van der Waals surface area contributed by atoms with Crippen LogP contribution in [0.1, 0.15) is 11.1 Å². The molecule has 2 rings (SSSR count). The maximum absolute atomic E-state index is 10.6. The first-order valence-corrected chi connectivity index (χ1v) is 5.86. The molecule has 1 aliphatic heterocycles. The molecular weight excluding hydrogens is 272 g/mol. The maximum Gasteiger partial charge on any atom is 0.317 e. The van der Waals surface area contributed by atoms with Gasteiger partial charge >= 0.3 is 5.97 Å². The predicted molar refractivity (Wildman–Crippen MR) is 65.2 cm³/mol. The third-order valence-corrected chi connectivity index (χ3v) is 3.23. The molecule has 1 aromatic carbocycles. The van der Waals surface area contributed by atoms with Crippen LogP contribution in [-0.4, -0.2) is 29.1 Å². The van der Waals surface area contributed by atoms with Crippen molar-refractivity contribution in [1.82, 2.24) is 4.90 Å². The number of nitrogens with zero attached hydrogens (tertiary/aromatic N) is 1. The van der Waals surface area contributed by atoms with Gasteiger partial charge in [-0.05, 0) is 29.7 Å². The van der Waals surface area contributed by atoms with E-state index < -0.39 is 5.97 Å². The summed E-state index contributed by atoms with van der Waals surface area (Å²) in [5, 5.41) is 8.75. The van der Waals surface area contributed by atoms with Gasteiger partial charge in [0, 0.05) is 23.2 Å². The van der Waals surface area contributed by atoms with Crippen LogP contribution in [0.15, 0.2) is 16.6 Å². The molecular formula is C11H13BrN2O2. The Bertz CT molecular complexity index is 434. The van der Waals surface area contributed by atoms with Crippen LogP contribution in [0.25, 0.3) is 0 Å². The Balaban J connectivity index is 2.23. The Hall–Kier alpha value is -1.07. The summed E-state index contributed by atoms with van der Waals surface area (Å²) < 4.78 is 0.945. The van der Waals surface area contributed by atoms with Crippen molar-refractivity contribution in [2.24, 2.45) is 0 Å². The third kappa shape index (κ3) is 2.36. The SMILES string of the molecule is Nc1cc(Br)cc2c1CCN(CC(=O)O)C2. The summed E-state index contributed by atoms with van der Waals surface area (Å²) in [6.07, 6.45) is 0.821. The number of anilines is 1. The maximum atomic E-state index is 10.6. The van der Waals surface area contributed by atoms with E-state index in [0.29, 0.717) is 6.54 Å². The van der Waals surface area contributed by atoms with Gasteiger partial charge in [0.25, 0.3) is 0 Å². The van der Waals surface area contributed by atoms with E-state index in [-0.39, 0.29) is 6.54 Å². The summed E-state index contributed by atoms with van der Waals surface area (Å²) in [5.41, 5.74) is 9.00. The van der Waals surface area contributed by atoms with Crippen LogP contribution in [0.2, 0.25) is 0 Å². The molecule has 0 bridgehead atoms. The number of carboxylic acids is 1. The second-order valence-corrected chi connectivity index (χ2v) is 4.90. The van der Waals surface area contributed by atoms with E-state index >= 15 is 0 Å². The largest absolute Gasteiger partial charge is 0.480 e.